The summed E-state index contributed by atoms with van der Waals surface area (Å²) in [6, 6.07) is 20.2. The number of esters is 1. The molecular weight excluding hydrogens is 440 g/mol. The zero-order valence-corrected chi connectivity index (χ0v) is 20.3. The number of carbonyl (C=O) groups excluding carboxylic acids is 2. The molecule has 0 saturated carbocycles. The summed E-state index contributed by atoms with van der Waals surface area (Å²) < 4.78 is 10.4. The molecule has 0 unspecified atom stereocenters. The Labute approximate surface area is 205 Å². The zero-order valence-electron chi connectivity index (χ0n) is 20.3. The molecule has 0 aromatic heterocycles. The average molecular weight is 469 g/mol. The lowest BCUT2D eigenvalue weighted by molar-refractivity contribution is -0.112. The van der Waals surface area contributed by atoms with Gasteiger partial charge in [-0.15, -0.1) is 0 Å². The average Bonchev–Trinajstić information content (AvgIpc) is 2.83. The van der Waals surface area contributed by atoms with E-state index in [-0.39, 0.29) is 12.2 Å². The van der Waals surface area contributed by atoms with E-state index in [0.29, 0.717) is 23.4 Å². The van der Waals surface area contributed by atoms with Crippen molar-refractivity contribution in [1.82, 2.24) is 0 Å². The molecule has 0 spiro atoms. The van der Waals surface area contributed by atoms with Gasteiger partial charge in [0.2, 0.25) is 0 Å². The van der Waals surface area contributed by atoms with E-state index >= 15 is 0 Å². The van der Waals surface area contributed by atoms with Gasteiger partial charge in [-0.05, 0) is 86.4 Å². The summed E-state index contributed by atoms with van der Waals surface area (Å²) in [7, 11) is 1.60. The van der Waals surface area contributed by atoms with E-state index < -0.39 is 11.9 Å². The number of carbonyl (C=O) groups is 2. The zero-order chi connectivity index (χ0) is 25.4. The van der Waals surface area contributed by atoms with Crippen molar-refractivity contribution in [2.45, 2.75) is 27.2 Å². The molecule has 3 rings (SSSR count). The Bertz CT molecular complexity index is 1280. The van der Waals surface area contributed by atoms with E-state index in [4.69, 9.17) is 9.47 Å². The van der Waals surface area contributed by atoms with Crippen molar-refractivity contribution in [1.29, 1.82) is 5.26 Å². The Kier molecular flexibility index (Phi) is 8.42. The topological polar surface area (TPSA) is 88.4 Å². The second-order valence-corrected chi connectivity index (χ2v) is 8.16. The fourth-order valence-electron chi connectivity index (χ4n) is 3.80. The van der Waals surface area contributed by atoms with Crippen LogP contribution in [0.4, 0.5) is 5.69 Å². The molecule has 0 aliphatic carbocycles. The molecule has 0 saturated heterocycles. The summed E-state index contributed by atoms with van der Waals surface area (Å²) in [5, 5.41) is 12.4. The number of rotatable bonds is 8. The molecular formula is C29H28N2O4. The number of nitriles is 1. The van der Waals surface area contributed by atoms with Crippen molar-refractivity contribution in [2.24, 2.45) is 0 Å². The Balaban J connectivity index is 1.86. The first-order valence-electron chi connectivity index (χ1n) is 11.3. The summed E-state index contributed by atoms with van der Waals surface area (Å²) in [5.74, 6) is -0.269. The van der Waals surface area contributed by atoms with Crippen LogP contribution in [0.1, 0.15) is 45.1 Å². The highest BCUT2D eigenvalue weighted by Crippen LogP contribution is 2.24. The number of nitrogens with one attached hydrogen (secondary N) is 1. The maximum Gasteiger partial charge on any atom is 0.338 e. The molecule has 3 aromatic rings. The number of nitrogens with zero attached hydrogens (tertiary/aromatic N) is 1. The number of benzene rings is 3. The van der Waals surface area contributed by atoms with Crippen molar-refractivity contribution in [3.8, 4) is 11.8 Å². The van der Waals surface area contributed by atoms with E-state index in [0.717, 1.165) is 16.7 Å². The molecule has 35 heavy (non-hydrogen) atoms. The third kappa shape index (κ3) is 6.81. The van der Waals surface area contributed by atoms with Crippen molar-refractivity contribution in [3.63, 3.8) is 0 Å². The van der Waals surface area contributed by atoms with Crippen LogP contribution in [0, 0.1) is 25.2 Å². The van der Waals surface area contributed by atoms with Crippen LogP contribution in [0.25, 0.3) is 6.08 Å². The summed E-state index contributed by atoms with van der Waals surface area (Å²) in [6.07, 6.45) is 2.21. The highest BCUT2D eigenvalue weighted by Gasteiger charge is 2.13. The SMILES string of the molecule is CCOC(=O)c1ccc(NC(=O)/C(C#N)=C/c2ccc(OC)cc2Cc2cc(C)cc(C)c2)cc1. The molecule has 0 aliphatic heterocycles. The normalized spacial score (nSPS) is 10.9. The Morgan fingerprint density at radius 3 is 2.29 bits per heavy atom. The highest BCUT2D eigenvalue weighted by atomic mass is 16.5. The van der Waals surface area contributed by atoms with E-state index in [1.807, 2.05) is 18.2 Å². The molecule has 1 N–H and O–H groups in total. The van der Waals surface area contributed by atoms with Gasteiger partial charge in [-0.2, -0.15) is 5.26 Å². The van der Waals surface area contributed by atoms with E-state index in [9.17, 15) is 14.9 Å². The van der Waals surface area contributed by atoms with Crippen LogP contribution in [0.5, 0.6) is 5.75 Å². The van der Waals surface area contributed by atoms with Crippen LogP contribution in [0.2, 0.25) is 0 Å². The molecule has 6 nitrogen and oxygen atoms in total. The summed E-state index contributed by atoms with van der Waals surface area (Å²) >= 11 is 0. The number of hydrogen-bond acceptors (Lipinski definition) is 5. The van der Waals surface area contributed by atoms with Crippen LogP contribution in [-0.2, 0) is 16.0 Å². The quantitative estimate of drug-likeness (QED) is 0.263. The number of methoxy groups -OCH3 is 1. The molecule has 6 heteroatoms. The van der Waals surface area contributed by atoms with E-state index in [1.54, 1.807) is 50.4 Å². The summed E-state index contributed by atoms with van der Waals surface area (Å²) in [5.41, 5.74) is 5.99. The number of ether oxygens (including phenoxy) is 2. The van der Waals surface area contributed by atoms with Crippen LogP contribution in [0.3, 0.4) is 0 Å². The second-order valence-electron chi connectivity index (χ2n) is 8.16. The lowest BCUT2D eigenvalue weighted by Gasteiger charge is -2.11. The molecule has 178 valence electrons. The van der Waals surface area contributed by atoms with Crippen LogP contribution in [-0.4, -0.2) is 25.6 Å². The summed E-state index contributed by atoms with van der Waals surface area (Å²) in [6.45, 7) is 6.13. The van der Waals surface area contributed by atoms with Crippen LogP contribution >= 0.6 is 0 Å². The predicted octanol–water partition coefficient (Wildman–Crippen LogP) is 5.63. The lowest BCUT2D eigenvalue weighted by atomic mass is 9.96. The molecule has 0 aliphatic rings. The van der Waals surface area contributed by atoms with Crippen LogP contribution in [0.15, 0.2) is 66.2 Å². The first kappa shape index (κ1) is 25.3. The van der Waals surface area contributed by atoms with Gasteiger partial charge in [0.05, 0.1) is 19.3 Å². The predicted molar refractivity (Wildman–Crippen MR) is 136 cm³/mol. The van der Waals surface area contributed by atoms with Crippen molar-refractivity contribution < 1.29 is 19.1 Å². The smallest absolute Gasteiger partial charge is 0.338 e. The minimum atomic E-state index is -0.537. The standard InChI is InChI=1S/C29H28N2O4/c1-5-35-29(33)22-6-9-26(10-7-22)31-28(32)25(18-30)16-23-8-11-27(34-4)17-24(23)15-21-13-19(2)12-20(3)14-21/h6-14,16-17H,5,15H2,1-4H3,(H,31,32)/b25-16+. The highest BCUT2D eigenvalue weighted by molar-refractivity contribution is 6.09. The van der Waals surface area contributed by atoms with Crippen molar-refractivity contribution in [2.75, 3.05) is 19.0 Å². The first-order chi connectivity index (χ1) is 16.8. The van der Waals surface area contributed by atoms with E-state index in [1.165, 1.54) is 11.1 Å². The molecule has 3 aromatic carbocycles. The van der Waals surface area contributed by atoms with Gasteiger partial charge in [-0.3, -0.25) is 4.79 Å². The maximum atomic E-state index is 12.8. The van der Waals surface area contributed by atoms with Gasteiger partial charge >= 0.3 is 5.97 Å². The van der Waals surface area contributed by atoms with Gasteiger partial charge in [0.15, 0.2) is 0 Å². The lowest BCUT2D eigenvalue weighted by Crippen LogP contribution is -2.14. The number of hydrogen-bond donors (Lipinski definition) is 1. The number of amides is 1. The second kappa shape index (κ2) is 11.7. The summed E-state index contributed by atoms with van der Waals surface area (Å²) in [4.78, 5) is 24.6. The van der Waals surface area contributed by atoms with Crippen LogP contribution < -0.4 is 10.1 Å². The molecule has 0 fully saturated rings. The monoisotopic (exact) mass is 468 g/mol. The van der Waals surface area contributed by atoms with Gasteiger partial charge in [0.1, 0.15) is 17.4 Å². The molecule has 0 heterocycles. The number of anilines is 1. The minimum Gasteiger partial charge on any atom is -0.497 e. The fourth-order valence-corrected chi connectivity index (χ4v) is 3.80. The maximum absolute atomic E-state index is 12.8. The molecule has 0 atom stereocenters. The van der Waals surface area contributed by atoms with Gasteiger partial charge in [0, 0.05) is 5.69 Å². The minimum absolute atomic E-state index is 0.0358. The van der Waals surface area contributed by atoms with Gasteiger partial charge in [0.25, 0.3) is 5.91 Å². The molecule has 1 amide bonds. The number of aryl methyl sites for hydroxylation is 2. The molecule has 0 radical (unpaired) electrons. The largest absolute Gasteiger partial charge is 0.497 e. The Hall–Kier alpha value is -4.37. The van der Waals surface area contributed by atoms with Crippen molar-refractivity contribution in [3.05, 3.63) is 99.6 Å². The third-order valence-electron chi connectivity index (χ3n) is 5.35. The third-order valence-corrected chi connectivity index (χ3v) is 5.35. The Morgan fingerprint density at radius 2 is 1.69 bits per heavy atom. The first-order valence-corrected chi connectivity index (χ1v) is 11.3. The fraction of sp³-hybridized carbons (Fsp3) is 0.207. The van der Waals surface area contributed by atoms with Gasteiger partial charge in [-0.1, -0.05) is 35.4 Å². The Morgan fingerprint density at radius 1 is 1.00 bits per heavy atom. The van der Waals surface area contributed by atoms with Gasteiger partial charge < -0.3 is 14.8 Å². The van der Waals surface area contributed by atoms with Gasteiger partial charge in [-0.25, -0.2) is 4.79 Å². The molecule has 0 bridgehead atoms. The van der Waals surface area contributed by atoms with E-state index in [2.05, 4.69) is 37.4 Å². The van der Waals surface area contributed by atoms with Crippen molar-refractivity contribution >= 4 is 23.6 Å².